The van der Waals surface area contributed by atoms with Crippen LogP contribution in [0.4, 0.5) is 11.4 Å². The average molecular weight is 1220 g/mol. The summed E-state index contributed by atoms with van der Waals surface area (Å²) in [5.74, 6) is -1.52. The lowest BCUT2D eigenvalue weighted by Crippen LogP contribution is -2.71. The number of nitrogens with zero attached hydrogens (tertiary/aromatic N) is 12. The number of amides is 4. The molecule has 0 bridgehead atoms. The number of rotatable bonds is 16. The molecular weight excluding hydrogens is 1160 g/mol. The van der Waals surface area contributed by atoms with Crippen LogP contribution in [0.25, 0.3) is 20.9 Å². The fourth-order valence-corrected chi connectivity index (χ4v) is 16.4. The normalized spacial score (nSPS) is 24.1. The number of benzene rings is 6. The highest BCUT2D eigenvalue weighted by Crippen LogP contribution is 2.63. The van der Waals surface area contributed by atoms with Crippen LogP contribution in [-0.2, 0) is 50.1 Å². The van der Waals surface area contributed by atoms with Gasteiger partial charge in [0.2, 0.25) is 23.8 Å². The number of hydrogen-bond donors (Lipinski definition) is 2. The first kappa shape index (κ1) is 60.9. The van der Waals surface area contributed by atoms with Crippen LogP contribution >= 0.6 is 0 Å². The van der Waals surface area contributed by atoms with Crippen LogP contribution in [-0.4, -0.2) is 148 Å². The molecule has 6 aliphatic rings. The second-order valence-electron chi connectivity index (χ2n) is 22.0. The Hall–Kier alpha value is -9.16. The highest BCUT2D eigenvalue weighted by atomic mass is 32.2. The van der Waals surface area contributed by atoms with Gasteiger partial charge < -0.3 is 34.4 Å². The Morgan fingerprint density at radius 2 is 1.07 bits per heavy atom. The molecular formula is C61H64N12O12S2. The summed E-state index contributed by atoms with van der Waals surface area (Å²) in [4.78, 5) is 64.3. The van der Waals surface area contributed by atoms with Gasteiger partial charge in [0.1, 0.15) is 29.9 Å². The fourth-order valence-electron chi connectivity index (χ4n) is 13.1. The van der Waals surface area contributed by atoms with Crippen LogP contribution in [0, 0.1) is 13.8 Å². The molecule has 0 unspecified atom stereocenters. The molecule has 4 saturated heterocycles. The zero-order valence-electron chi connectivity index (χ0n) is 47.2. The van der Waals surface area contributed by atoms with Crippen LogP contribution in [0.1, 0.15) is 66.5 Å². The number of azide groups is 2. The first-order valence-electron chi connectivity index (χ1n) is 27.6. The number of carbonyl (C=O) groups is 4. The minimum absolute atomic E-state index is 0. The summed E-state index contributed by atoms with van der Waals surface area (Å²) in [5, 5.41) is 29.7. The number of sulfonamides is 2. The highest BCUT2D eigenvalue weighted by Gasteiger charge is 2.75. The van der Waals surface area contributed by atoms with Gasteiger partial charge in [0.25, 0.3) is 31.9 Å². The summed E-state index contributed by atoms with van der Waals surface area (Å²) in [6, 6.07) is 40.4. The number of anilines is 2. The Morgan fingerprint density at radius 3 is 1.55 bits per heavy atom. The van der Waals surface area contributed by atoms with E-state index in [9.17, 15) is 46.2 Å². The first-order valence-corrected chi connectivity index (χ1v) is 30.5. The van der Waals surface area contributed by atoms with E-state index >= 15 is 0 Å². The average Bonchev–Trinajstić information content (AvgIpc) is 1.52. The van der Waals surface area contributed by atoms with Crippen LogP contribution in [0.15, 0.2) is 166 Å². The number of carbonyl (C=O) groups excluding carboxylic acids is 4. The van der Waals surface area contributed by atoms with Crippen molar-refractivity contribution in [1.29, 1.82) is 0 Å². The lowest BCUT2D eigenvalue weighted by atomic mass is 9.71. The minimum Gasteiger partial charge on any atom is -0.494 e. The number of aliphatic hydroxyl groups is 2. The molecule has 6 heterocycles. The third kappa shape index (κ3) is 9.77. The Morgan fingerprint density at radius 1 is 0.621 bits per heavy atom. The molecule has 26 heteroatoms. The van der Waals surface area contributed by atoms with E-state index in [1.807, 2.05) is 62.4 Å². The molecule has 0 saturated carbocycles. The summed E-state index contributed by atoms with van der Waals surface area (Å²) in [6.45, 7) is 4.89. The maximum atomic E-state index is 14.6. The number of aryl methyl sites for hydroxylation is 2. The SMILES string of the molecule is C.Cc1ccc([C@]23C[C@@]4(O)C(=O)N(C)[C@H](O)C(=O)N4[C@H]2N(S(=O)(=O)c2ccc(OCCCN=[N+]=[N-])cc2)c2ccccc23)cc1.Cc1ccc([C@]23C[C@H]4C(=O)N(C)CC(=O)N4[C@H]2N(S(=O)(=O)c2ccc(OCCCN=[N+]=[N-])cc2)c2ccccc23)cc1. The van der Waals surface area contributed by atoms with Crippen molar-refractivity contribution in [2.75, 3.05) is 55.6 Å². The molecule has 7 atom stereocenters. The minimum atomic E-state index is -4.45. The third-order valence-electron chi connectivity index (χ3n) is 17.0. The first-order chi connectivity index (χ1) is 41.2. The van der Waals surface area contributed by atoms with Crippen molar-refractivity contribution < 1.29 is 55.7 Å². The van der Waals surface area contributed by atoms with Gasteiger partial charge in [-0.25, -0.2) is 25.4 Å². The smallest absolute Gasteiger partial charge is 0.278 e. The molecule has 452 valence electrons. The van der Waals surface area contributed by atoms with Crippen LogP contribution in [0.5, 0.6) is 11.5 Å². The van der Waals surface area contributed by atoms with Gasteiger partial charge in [-0.05, 0) is 127 Å². The second-order valence-corrected chi connectivity index (χ2v) is 25.7. The van der Waals surface area contributed by atoms with E-state index in [1.54, 1.807) is 67.7 Å². The third-order valence-corrected chi connectivity index (χ3v) is 20.6. The van der Waals surface area contributed by atoms with Crippen molar-refractivity contribution in [1.82, 2.24) is 19.6 Å². The summed E-state index contributed by atoms with van der Waals surface area (Å²) < 4.78 is 72.0. The van der Waals surface area contributed by atoms with Crippen molar-refractivity contribution in [2.24, 2.45) is 10.2 Å². The maximum Gasteiger partial charge on any atom is 0.278 e. The van der Waals surface area contributed by atoms with E-state index < -0.39 is 73.0 Å². The standard InChI is InChI=1S/C30H30N6O7S.C30H30N6O5S.CH4/c1-19-8-10-20(11-9-19)29-18-30(40)28(39)34(2)25(37)26(38)35(30)27(29)36(24-7-4-3-6-23(24)29)44(41,42)22-14-12-21(13-15-22)43-17-5-16-32-33-31;1-20-8-10-21(11-9-20)30-18-26-28(38)34(2)19-27(37)35(26)29(30)36(25-7-4-3-6-24(25)30)42(39,40)23-14-12-22(13-15-23)41-17-5-16-32-33-31;/h3-4,6-15,25,27,37,40H,5,16-18H2,1-2H3;3-4,6-15,26,29H,5,16-19H2,1-2H3;1H4/t25-,27+,29+,30-;26-,29-,30-;/m10./s1. The Balaban J connectivity index is 0.000000191. The molecule has 24 nitrogen and oxygen atoms in total. The predicted octanol–water partition coefficient (Wildman–Crippen LogP) is 7.21. The Kier molecular flexibility index (Phi) is 16.3. The number of ether oxygens (including phenoxy) is 2. The van der Waals surface area contributed by atoms with Gasteiger partial charge >= 0.3 is 0 Å². The number of aliphatic hydroxyl groups excluding tert-OH is 1. The highest BCUT2D eigenvalue weighted by molar-refractivity contribution is 7.93. The summed E-state index contributed by atoms with van der Waals surface area (Å²) in [5.41, 5.74) is 17.6. The van der Waals surface area contributed by atoms with Gasteiger partial charge in [-0.1, -0.05) is 114 Å². The summed E-state index contributed by atoms with van der Waals surface area (Å²) >= 11 is 0. The van der Waals surface area contributed by atoms with E-state index in [0.29, 0.717) is 54.3 Å². The van der Waals surface area contributed by atoms with Gasteiger partial charge in [-0.3, -0.25) is 24.1 Å². The molecule has 87 heavy (non-hydrogen) atoms. The number of piperazine rings is 2. The van der Waals surface area contributed by atoms with E-state index in [2.05, 4.69) is 20.1 Å². The molecule has 0 aliphatic carbocycles. The van der Waals surface area contributed by atoms with E-state index in [0.717, 1.165) is 36.4 Å². The zero-order valence-corrected chi connectivity index (χ0v) is 48.8. The largest absolute Gasteiger partial charge is 0.494 e. The monoisotopic (exact) mass is 1220 g/mol. The molecule has 6 aromatic carbocycles. The molecule has 6 aromatic rings. The lowest BCUT2D eigenvalue weighted by Gasteiger charge is -2.46. The fraction of sp³-hybridized carbons (Fsp3) is 0.344. The zero-order chi connectivity index (χ0) is 61.1. The van der Waals surface area contributed by atoms with Crippen molar-refractivity contribution in [2.45, 2.75) is 97.9 Å². The maximum absolute atomic E-state index is 14.6. The molecule has 2 N–H and O–H groups in total. The molecule has 0 radical (unpaired) electrons. The quantitative estimate of drug-likeness (QED) is 0.0420. The van der Waals surface area contributed by atoms with Gasteiger partial charge in [-0.2, -0.15) is 0 Å². The molecule has 0 spiro atoms. The van der Waals surface area contributed by atoms with Gasteiger partial charge in [0.15, 0.2) is 0 Å². The van der Waals surface area contributed by atoms with Gasteiger partial charge in [0.05, 0.1) is 51.8 Å². The van der Waals surface area contributed by atoms with E-state index in [1.165, 1.54) is 57.6 Å². The molecule has 4 fully saturated rings. The van der Waals surface area contributed by atoms with Crippen molar-refractivity contribution in [3.8, 4) is 11.5 Å². The van der Waals surface area contributed by atoms with E-state index in [4.69, 9.17) is 20.5 Å². The van der Waals surface area contributed by atoms with Crippen LogP contribution in [0.3, 0.4) is 0 Å². The number of hydrogen-bond acceptors (Lipinski definition) is 14. The molecule has 0 aromatic heterocycles. The topological polar surface area (TPSA) is 312 Å². The van der Waals surface area contributed by atoms with Crippen LogP contribution < -0.4 is 18.1 Å². The van der Waals surface area contributed by atoms with Crippen molar-refractivity contribution in [3.05, 3.63) is 200 Å². The lowest BCUT2D eigenvalue weighted by molar-refractivity contribution is -0.207. The summed E-state index contributed by atoms with van der Waals surface area (Å²) in [6.07, 6.45) is -3.37. The van der Waals surface area contributed by atoms with Crippen molar-refractivity contribution >= 4 is 55.1 Å². The number of fused-ring (bicyclic) bond motifs is 10. The van der Waals surface area contributed by atoms with Crippen molar-refractivity contribution in [3.63, 3.8) is 0 Å². The second kappa shape index (κ2) is 23.3. The summed E-state index contributed by atoms with van der Waals surface area (Å²) in [7, 11) is -5.84. The molecule has 6 aliphatic heterocycles. The van der Waals surface area contributed by atoms with E-state index in [-0.39, 0.29) is 67.3 Å². The van der Waals surface area contributed by atoms with Gasteiger partial charge in [0, 0.05) is 43.4 Å². The molecule has 4 amide bonds. The Labute approximate surface area is 503 Å². The number of para-hydroxylation sites is 2. The van der Waals surface area contributed by atoms with Gasteiger partial charge in [-0.15, -0.1) is 0 Å². The molecule has 12 rings (SSSR count). The Bertz CT molecular complexity index is 4020. The number of likely N-dealkylation sites (N-methyl/N-ethyl adjacent to an activating group) is 2. The van der Waals surface area contributed by atoms with Crippen LogP contribution in [0.2, 0.25) is 0 Å². The predicted molar refractivity (Wildman–Crippen MR) is 320 cm³/mol.